The molecule has 0 spiro atoms. The third-order valence-corrected chi connectivity index (χ3v) is 8.12. The van der Waals surface area contributed by atoms with Crippen LogP contribution in [0, 0.1) is 11.8 Å². The second-order valence-electron chi connectivity index (χ2n) is 10.3. The molecular formula is C25H35F2N5O2. The fourth-order valence-electron chi connectivity index (χ4n) is 6.64. The predicted octanol–water partition coefficient (Wildman–Crippen LogP) is 4.70. The van der Waals surface area contributed by atoms with Crippen molar-refractivity contribution in [2.75, 3.05) is 25.9 Å². The number of aromatic nitrogens is 3. The molecule has 2 aromatic rings. The van der Waals surface area contributed by atoms with Crippen LogP contribution in [0.1, 0.15) is 63.6 Å². The van der Waals surface area contributed by atoms with Crippen LogP contribution in [0.25, 0.3) is 11.3 Å². The second-order valence-corrected chi connectivity index (χ2v) is 10.3. The molecule has 3 aliphatic rings. The monoisotopic (exact) mass is 475 g/mol. The van der Waals surface area contributed by atoms with Gasteiger partial charge in [-0.05, 0) is 69.9 Å². The van der Waals surface area contributed by atoms with E-state index >= 15 is 0 Å². The quantitative estimate of drug-likeness (QED) is 0.625. The molecule has 0 aromatic carbocycles. The molecule has 2 aromatic heterocycles. The number of methoxy groups -OCH3 is 1. The van der Waals surface area contributed by atoms with Gasteiger partial charge in [0.15, 0.2) is 11.6 Å². The van der Waals surface area contributed by atoms with Crippen molar-refractivity contribution < 1.29 is 18.3 Å². The number of ether oxygens (including phenoxy) is 2. The van der Waals surface area contributed by atoms with E-state index in [4.69, 9.17) is 15.6 Å². The van der Waals surface area contributed by atoms with Gasteiger partial charge in [-0.2, -0.15) is 13.9 Å². The summed E-state index contributed by atoms with van der Waals surface area (Å²) in [5, 5.41) is 4.88. The number of hydrogen-bond acceptors (Lipinski definition) is 6. The highest BCUT2D eigenvalue weighted by Crippen LogP contribution is 2.55. The third kappa shape index (κ3) is 4.28. The molecule has 2 bridgehead atoms. The van der Waals surface area contributed by atoms with Crippen LogP contribution in [-0.4, -0.2) is 58.6 Å². The number of alkyl halides is 2. The Labute approximate surface area is 199 Å². The van der Waals surface area contributed by atoms with Gasteiger partial charge in [-0.3, -0.25) is 9.58 Å². The second kappa shape index (κ2) is 9.41. The normalized spacial score (nSPS) is 27.9. The number of hydrogen-bond donors (Lipinski definition) is 1. The van der Waals surface area contributed by atoms with Crippen molar-refractivity contribution in [3.8, 4) is 17.0 Å². The molecule has 5 rings (SSSR count). The molecule has 1 aliphatic heterocycles. The van der Waals surface area contributed by atoms with Crippen LogP contribution in [-0.2, 0) is 4.74 Å². The van der Waals surface area contributed by atoms with E-state index in [2.05, 4.69) is 39.2 Å². The van der Waals surface area contributed by atoms with Crippen molar-refractivity contribution in [2.45, 2.75) is 76.7 Å². The maximum absolute atomic E-state index is 12.8. The molecule has 7 nitrogen and oxygen atoms in total. The zero-order valence-corrected chi connectivity index (χ0v) is 20.2. The lowest BCUT2D eigenvalue weighted by Gasteiger charge is -2.38. The lowest BCUT2D eigenvalue weighted by molar-refractivity contribution is -0.0494. The van der Waals surface area contributed by atoms with Crippen molar-refractivity contribution in [2.24, 2.45) is 11.8 Å². The number of rotatable bonds is 7. The van der Waals surface area contributed by atoms with Crippen molar-refractivity contribution in [1.82, 2.24) is 19.7 Å². The fourth-order valence-corrected chi connectivity index (χ4v) is 6.64. The number of nitrogens with zero attached hydrogens (tertiary/aromatic N) is 4. The van der Waals surface area contributed by atoms with Gasteiger partial charge in [0.2, 0.25) is 0 Å². The Bertz CT molecular complexity index is 1010. The van der Waals surface area contributed by atoms with Crippen LogP contribution in [0.3, 0.4) is 0 Å². The number of fused-ring (bicyclic) bond motifs is 2. The fraction of sp³-hybridized carbons (Fsp3) is 0.680. The first-order valence-corrected chi connectivity index (χ1v) is 12.4. The van der Waals surface area contributed by atoms with Gasteiger partial charge in [-0.25, -0.2) is 4.98 Å². The first-order chi connectivity index (χ1) is 16.4. The number of nitrogens with two attached hydrogens (primary N) is 1. The Hall–Kier alpha value is -2.26. The summed E-state index contributed by atoms with van der Waals surface area (Å²) in [7, 11) is 1.82. The minimum atomic E-state index is -2.96. The molecule has 2 N–H and O–H groups in total. The van der Waals surface area contributed by atoms with Crippen LogP contribution < -0.4 is 10.5 Å². The Morgan fingerprint density at radius 3 is 2.56 bits per heavy atom. The number of likely N-dealkylation sites (tertiary alicyclic amines) is 1. The molecule has 186 valence electrons. The summed E-state index contributed by atoms with van der Waals surface area (Å²) in [4.78, 5) is 6.78. The van der Waals surface area contributed by atoms with E-state index in [1.807, 2.05) is 7.11 Å². The van der Waals surface area contributed by atoms with Gasteiger partial charge in [0.1, 0.15) is 0 Å². The standard InChI is InChI=1S/C25H35F2N5O2/c1-14(2)32-21(12-20(30-32)16-11-22(34-25(26)27)24(28)29-13-16)19-10-15-4-5-18(19)23(15)31-8-6-17(33-3)7-9-31/h11-15,17-19,23,25H,4-10H2,1-3H3,(H2,28,29)/t15?,18?,19-,23-/m0/s1. The van der Waals surface area contributed by atoms with Crippen LogP contribution in [0.15, 0.2) is 18.3 Å². The highest BCUT2D eigenvalue weighted by molar-refractivity contribution is 5.64. The van der Waals surface area contributed by atoms with Gasteiger partial charge in [0.05, 0.1) is 11.8 Å². The van der Waals surface area contributed by atoms with Gasteiger partial charge in [0.25, 0.3) is 0 Å². The third-order valence-electron chi connectivity index (χ3n) is 8.12. The first-order valence-electron chi connectivity index (χ1n) is 12.4. The molecule has 4 atom stereocenters. The van der Waals surface area contributed by atoms with Crippen molar-refractivity contribution in [3.05, 3.63) is 24.0 Å². The molecule has 2 unspecified atom stereocenters. The van der Waals surface area contributed by atoms with Gasteiger partial charge in [0, 0.05) is 55.7 Å². The molecule has 0 radical (unpaired) electrons. The van der Waals surface area contributed by atoms with E-state index in [1.54, 1.807) is 6.20 Å². The van der Waals surface area contributed by atoms with Crippen molar-refractivity contribution in [3.63, 3.8) is 0 Å². The van der Waals surface area contributed by atoms with Crippen LogP contribution in [0.5, 0.6) is 5.75 Å². The van der Waals surface area contributed by atoms with Crippen molar-refractivity contribution >= 4 is 5.82 Å². The molecule has 0 amide bonds. The predicted molar refractivity (Wildman–Crippen MR) is 126 cm³/mol. The molecule has 2 saturated carbocycles. The molecule has 3 fully saturated rings. The zero-order valence-electron chi connectivity index (χ0n) is 20.2. The maximum Gasteiger partial charge on any atom is 0.387 e. The van der Waals surface area contributed by atoms with E-state index < -0.39 is 6.61 Å². The summed E-state index contributed by atoms with van der Waals surface area (Å²) in [5.41, 5.74) is 8.32. The molecule has 2 aliphatic carbocycles. The number of nitrogen functional groups attached to an aromatic ring is 1. The van der Waals surface area contributed by atoms with Crippen LogP contribution in [0.4, 0.5) is 14.6 Å². The van der Waals surface area contributed by atoms with Crippen LogP contribution >= 0.6 is 0 Å². The van der Waals surface area contributed by atoms with E-state index in [1.165, 1.54) is 31.0 Å². The number of anilines is 1. The summed E-state index contributed by atoms with van der Waals surface area (Å²) >= 11 is 0. The van der Waals surface area contributed by atoms with Crippen LogP contribution in [0.2, 0.25) is 0 Å². The topological polar surface area (TPSA) is 78.4 Å². The summed E-state index contributed by atoms with van der Waals surface area (Å²) < 4.78 is 37.8. The minimum Gasteiger partial charge on any atom is -0.431 e. The molecular weight excluding hydrogens is 440 g/mol. The van der Waals surface area contributed by atoms with E-state index in [-0.39, 0.29) is 17.6 Å². The number of pyridine rings is 1. The summed E-state index contributed by atoms with van der Waals surface area (Å²) in [6.45, 7) is 3.53. The molecule has 1 saturated heterocycles. The van der Waals surface area contributed by atoms with Gasteiger partial charge < -0.3 is 15.2 Å². The SMILES string of the molecule is COC1CCN([C@H]2C3CCC2[C@@H](c2cc(-c4cnc(N)c(OC(F)F)c4)nn2C(C)C)C3)CC1. The number of halogens is 2. The molecule has 9 heteroatoms. The number of piperidine rings is 1. The highest BCUT2D eigenvalue weighted by Gasteiger charge is 2.52. The van der Waals surface area contributed by atoms with Crippen molar-refractivity contribution in [1.29, 1.82) is 0 Å². The van der Waals surface area contributed by atoms with Gasteiger partial charge in [-0.1, -0.05) is 0 Å². The first kappa shape index (κ1) is 23.5. The van der Waals surface area contributed by atoms with E-state index in [9.17, 15) is 8.78 Å². The Kier molecular flexibility index (Phi) is 6.50. The lowest BCUT2D eigenvalue weighted by Crippen LogP contribution is -2.45. The molecule has 3 heterocycles. The minimum absolute atomic E-state index is 0.0549. The lowest BCUT2D eigenvalue weighted by atomic mass is 9.85. The Balaban J connectivity index is 1.42. The smallest absolute Gasteiger partial charge is 0.387 e. The highest BCUT2D eigenvalue weighted by atomic mass is 19.3. The average Bonchev–Trinajstić information content (AvgIpc) is 3.53. The largest absolute Gasteiger partial charge is 0.431 e. The summed E-state index contributed by atoms with van der Waals surface area (Å²) in [6.07, 6.45) is 7.92. The van der Waals surface area contributed by atoms with Gasteiger partial charge >= 0.3 is 6.61 Å². The Morgan fingerprint density at radius 1 is 1.12 bits per heavy atom. The molecule has 34 heavy (non-hydrogen) atoms. The maximum atomic E-state index is 12.8. The van der Waals surface area contributed by atoms with Gasteiger partial charge in [-0.15, -0.1) is 0 Å². The Morgan fingerprint density at radius 2 is 1.88 bits per heavy atom. The van der Waals surface area contributed by atoms with E-state index in [0.29, 0.717) is 29.5 Å². The zero-order chi connectivity index (χ0) is 24.0. The summed E-state index contributed by atoms with van der Waals surface area (Å²) in [5.74, 6) is 1.62. The summed E-state index contributed by atoms with van der Waals surface area (Å²) in [6, 6.07) is 4.46. The van der Waals surface area contributed by atoms with E-state index in [0.717, 1.165) is 37.5 Å². The average molecular weight is 476 g/mol.